The minimum absolute atomic E-state index is 0.000324. The standard InChI is InChI=1S/C12H17N3O2/c1-2-14-11-8-17-7-10(11)12(16)15-9-3-5-13-6-4-9/h3-6,10-11,14H,2,7-8H2,1H3,(H,13,15,16). The second-order valence-corrected chi connectivity index (χ2v) is 4.03. The van der Waals surface area contributed by atoms with Crippen LogP contribution in [0.15, 0.2) is 24.5 Å². The zero-order chi connectivity index (χ0) is 12.1. The first-order valence-electron chi connectivity index (χ1n) is 5.83. The first-order chi connectivity index (χ1) is 8.31. The minimum atomic E-state index is -0.122. The van der Waals surface area contributed by atoms with Crippen LogP contribution in [-0.4, -0.2) is 36.7 Å². The van der Waals surface area contributed by atoms with E-state index in [1.807, 2.05) is 6.92 Å². The third-order valence-electron chi connectivity index (χ3n) is 2.83. The summed E-state index contributed by atoms with van der Waals surface area (Å²) in [5, 5.41) is 6.14. The fourth-order valence-electron chi connectivity index (χ4n) is 1.95. The number of rotatable bonds is 4. The highest BCUT2D eigenvalue weighted by atomic mass is 16.5. The van der Waals surface area contributed by atoms with E-state index >= 15 is 0 Å². The van der Waals surface area contributed by atoms with Gasteiger partial charge in [-0.05, 0) is 18.7 Å². The summed E-state index contributed by atoms with van der Waals surface area (Å²) in [7, 11) is 0. The van der Waals surface area contributed by atoms with Crippen molar-refractivity contribution in [3.8, 4) is 0 Å². The predicted molar refractivity (Wildman–Crippen MR) is 64.6 cm³/mol. The van der Waals surface area contributed by atoms with Gasteiger partial charge in [0.2, 0.25) is 5.91 Å². The van der Waals surface area contributed by atoms with Crippen molar-refractivity contribution in [1.82, 2.24) is 10.3 Å². The molecule has 0 radical (unpaired) electrons. The Balaban J connectivity index is 1.95. The van der Waals surface area contributed by atoms with Crippen LogP contribution in [0.25, 0.3) is 0 Å². The molecule has 2 heterocycles. The molecule has 1 aliphatic rings. The predicted octanol–water partition coefficient (Wildman–Crippen LogP) is 0.645. The van der Waals surface area contributed by atoms with Gasteiger partial charge in [0.25, 0.3) is 0 Å². The van der Waals surface area contributed by atoms with Crippen LogP contribution in [-0.2, 0) is 9.53 Å². The lowest BCUT2D eigenvalue weighted by Crippen LogP contribution is -2.41. The average molecular weight is 235 g/mol. The van der Waals surface area contributed by atoms with E-state index in [0.717, 1.165) is 12.2 Å². The monoisotopic (exact) mass is 235 g/mol. The summed E-state index contributed by atoms with van der Waals surface area (Å²) in [5.74, 6) is -0.122. The SMILES string of the molecule is CCNC1COCC1C(=O)Nc1ccncc1. The van der Waals surface area contributed by atoms with Gasteiger partial charge in [-0.15, -0.1) is 0 Å². The molecular weight excluding hydrogens is 218 g/mol. The van der Waals surface area contributed by atoms with E-state index in [2.05, 4.69) is 15.6 Å². The summed E-state index contributed by atoms with van der Waals surface area (Å²) in [4.78, 5) is 16.0. The molecule has 0 bridgehead atoms. The molecule has 17 heavy (non-hydrogen) atoms. The first-order valence-corrected chi connectivity index (χ1v) is 5.83. The van der Waals surface area contributed by atoms with Crippen molar-refractivity contribution in [1.29, 1.82) is 0 Å². The zero-order valence-corrected chi connectivity index (χ0v) is 9.85. The summed E-state index contributed by atoms with van der Waals surface area (Å²) in [5.41, 5.74) is 0.771. The van der Waals surface area contributed by atoms with Crippen LogP contribution < -0.4 is 10.6 Å². The summed E-state index contributed by atoms with van der Waals surface area (Å²) in [6.45, 7) is 3.94. The van der Waals surface area contributed by atoms with E-state index < -0.39 is 0 Å². The van der Waals surface area contributed by atoms with Gasteiger partial charge in [0.15, 0.2) is 0 Å². The molecule has 1 aromatic heterocycles. The van der Waals surface area contributed by atoms with Crippen LogP contribution in [0.4, 0.5) is 5.69 Å². The highest BCUT2D eigenvalue weighted by molar-refractivity contribution is 5.93. The minimum Gasteiger partial charge on any atom is -0.379 e. The van der Waals surface area contributed by atoms with Gasteiger partial charge >= 0.3 is 0 Å². The molecule has 0 saturated carbocycles. The average Bonchev–Trinajstić information content (AvgIpc) is 2.79. The van der Waals surface area contributed by atoms with Gasteiger partial charge in [-0.3, -0.25) is 9.78 Å². The molecule has 92 valence electrons. The molecule has 5 heteroatoms. The van der Waals surface area contributed by atoms with Crippen LogP contribution in [0.2, 0.25) is 0 Å². The van der Waals surface area contributed by atoms with Crippen LogP contribution in [0.3, 0.4) is 0 Å². The van der Waals surface area contributed by atoms with Gasteiger partial charge in [-0.1, -0.05) is 6.92 Å². The maximum absolute atomic E-state index is 12.0. The number of aromatic nitrogens is 1. The first kappa shape index (κ1) is 12.0. The summed E-state index contributed by atoms with van der Waals surface area (Å²) >= 11 is 0. The lowest BCUT2D eigenvalue weighted by atomic mass is 10.0. The third kappa shape index (κ3) is 3.01. The molecule has 2 atom stereocenters. The highest BCUT2D eigenvalue weighted by Crippen LogP contribution is 2.16. The summed E-state index contributed by atoms with van der Waals surface area (Å²) < 4.78 is 5.35. The Morgan fingerprint density at radius 1 is 1.47 bits per heavy atom. The largest absolute Gasteiger partial charge is 0.379 e. The second-order valence-electron chi connectivity index (χ2n) is 4.03. The van der Waals surface area contributed by atoms with Crippen molar-refractivity contribution >= 4 is 11.6 Å². The van der Waals surface area contributed by atoms with Gasteiger partial charge in [-0.25, -0.2) is 0 Å². The van der Waals surface area contributed by atoms with E-state index in [1.165, 1.54) is 0 Å². The third-order valence-corrected chi connectivity index (χ3v) is 2.83. The highest BCUT2D eigenvalue weighted by Gasteiger charge is 2.33. The number of ether oxygens (including phenoxy) is 1. The van der Waals surface area contributed by atoms with Crippen molar-refractivity contribution < 1.29 is 9.53 Å². The van der Waals surface area contributed by atoms with Crippen LogP contribution in [0.5, 0.6) is 0 Å². The van der Waals surface area contributed by atoms with Gasteiger partial charge < -0.3 is 15.4 Å². The number of amides is 1. The van der Waals surface area contributed by atoms with Gasteiger partial charge in [-0.2, -0.15) is 0 Å². The lowest BCUT2D eigenvalue weighted by molar-refractivity contribution is -0.120. The van der Waals surface area contributed by atoms with Crippen LogP contribution in [0, 0.1) is 5.92 Å². The quantitative estimate of drug-likeness (QED) is 0.804. The smallest absolute Gasteiger partial charge is 0.231 e. The molecule has 0 aromatic carbocycles. The van der Waals surface area contributed by atoms with Crippen LogP contribution >= 0.6 is 0 Å². The van der Waals surface area contributed by atoms with Gasteiger partial charge in [0.05, 0.1) is 19.1 Å². The number of pyridine rings is 1. The molecule has 2 unspecified atom stereocenters. The second kappa shape index (κ2) is 5.75. The molecule has 0 spiro atoms. The number of nitrogens with one attached hydrogen (secondary N) is 2. The number of anilines is 1. The Bertz CT molecular complexity index is 369. The molecule has 2 rings (SSSR count). The van der Waals surface area contributed by atoms with E-state index in [1.54, 1.807) is 24.5 Å². The maximum Gasteiger partial charge on any atom is 0.231 e. The molecule has 1 aliphatic heterocycles. The Labute approximate surface area is 101 Å². The summed E-state index contributed by atoms with van der Waals surface area (Å²) in [6, 6.07) is 3.66. The number of hydrogen-bond acceptors (Lipinski definition) is 4. The molecule has 1 amide bonds. The van der Waals surface area contributed by atoms with Crippen molar-refractivity contribution in [2.45, 2.75) is 13.0 Å². The molecule has 2 N–H and O–H groups in total. The van der Waals surface area contributed by atoms with E-state index in [-0.39, 0.29) is 17.9 Å². The van der Waals surface area contributed by atoms with Crippen molar-refractivity contribution in [2.24, 2.45) is 5.92 Å². The fraction of sp³-hybridized carbons (Fsp3) is 0.500. The van der Waals surface area contributed by atoms with E-state index in [9.17, 15) is 4.79 Å². The number of carbonyl (C=O) groups is 1. The zero-order valence-electron chi connectivity index (χ0n) is 9.85. The van der Waals surface area contributed by atoms with Crippen molar-refractivity contribution in [3.05, 3.63) is 24.5 Å². The molecule has 0 aliphatic carbocycles. The van der Waals surface area contributed by atoms with E-state index in [4.69, 9.17) is 4.74 Å². The Morgan fingerprint density at radius 2 is 2.24 bits per heavy atom. The topological polar surface area (TPSA) is 63.2 Å². The van der Waals surface area contributed by atoms with Gasteiger partial charge in [0, 0.05) is 24.1 Å². The van der Waals surface area contributed by atoms with Crippen LogP contribution in [0.1, 0.15) is 6.92 Å². The summed E-state index contributed by atoms with van der Waals surface area (Å²) in [6.07, 6.45) is 3.31. The Morgan fingerprint density at radius 3 is 2.94 bits per heavy atom. The van der Waals surface area contributed by atoms with Gasteiger partial charge in [0.1, 0.15) is 0 Å². The fourth-order valence-corrected chi connectivity index (χ4v) is 1.95. The van der Waals surface area contributed by atoms with E-state index in [0.29, 0.717) is 13.2 Å². The van der Waals surface area contributed by atoms with Crippen molar-refractivity contribution in [2.75, 3.05) is 25.1 Å². The number of hydrogen-bond donors (Lipinski definition) is 2. The Hall–Kier alpha value is -1.46. The molecule has 5 nitrogen and oxygen atoms in total. The molecule has 1 saturated heterocycles. The number of nitrogens with zero attached hydrogens (tertiary/aromatic N) is 1. The van der Waals surface area contributed by atoms with Crippen molar-refractivity contribution in [3.63, 3.8) is 0 Å². The Kier molecular flexibility index (Phi) is 4.06. The maximum atomic E-state index is 12.0. The molecule has 1 fully saturated rings. The lowest BCUT2D eigenvalue weighted by Gasteiger charge is -2.17. The normalized spacial score (nSPS) is 23.6. The molecule has 1 aromatic rings. The number of carbonyl (C=O) groups excluding carboxylic acids is 1. The number of likely N-dealkylation sites (N-methyl/N-ethyl adjacent to an activating group) is 1. The molecular formula is C12H17N3O2.